The summed E-state index contributed by atoms with van der Waals surface area (Å²) in [6.07, 6.45) is 1.14. The Morgan fingerprint density at radius 1 is 1.15 bits per heavy atom. The molecule has 1 amide bonds. The molecule has 1 N–H and O–H groups in total. The van der Waals surface area contributed by atoms with Gasteiger partial charge in [0.25, 0.3) is 5.91 Å². The predicted octanol–water partition coefficient (Wildman–Crippen LogP) is 2.96. The van der Waals surface area contributed by atoms with Crippen LogP contribution in [0.5, 0.6) is 5.75 Å². The molecule has 0 aromatic heterocycles. The molecule has 27 heavy (non-hydrogen) atoms. The number of carbonyl (C=O) groups is 1. The first kappa shape index (κ1) is 20.8. The summed E-state index contributed by atoms with van der Waals surface area (Å²) in [7, 11) is -1.83. The van der Waals surface area contributed by atoms with Gasteiger partial charge in [0.2, 0.25) is 10.0 Å². The fourth-order valence-electron chi connectivity index (χ4n) is 2.77. The Morgan fingerprint density at radius 2 is 1.78 bits per heavy atom. The van der Waals surface area contributed by atoms with Crippen molar-refractivity contribution in [2.75, 3.05) is 24.2 Å². The lowest BCUT2D eigenvalue weighted by atomic mass is 10.0. The average molecular weight is 391 g/mol. The fraction of sp³-hybridized carbons (Fsp3) is 0.350. The van der Waals surface area contributed by atoms with Crippen LogP contribution in [-0.2, 0) is 14.8 Å². The van der Waals surface area contributed by atoms with Crippen molar-refractivity contribution >= 4 is 21.6 Å². The van der Waals surface area contributed by atoms with Crippen LogP contribution in [-0.4, -0.2) is 34.2 Å². The smallest absolute Gasteiger partial charge is 0.258 e. The summed E-state index contributed by atoms with van der Waals surface area (Å²) < 4.78 is 29.7. The van der Waals surface area contributed by atoms with Crippen molar-refractivity contribution in [3.8, 4) is 5.75 Å². The van der Waals surface area contributed by atoms with Gasteiger partial charge in [0.05, 0.1) is 18.0 Å². The molecule has 2 aromatic carbocycles. The second-order valence-electron chi connectivity index (χ2n) is 6.66. The van der Waals surface area contributed by atoms with Gasteiger partial charge in [-0.05, 0) is 56.2 Å². The SMILES string of the molecule is Cc1ccc([C@H](C)NC(=O)COc2ccc(N(C)S(C)(=O)=O)cc2)c(C)c1. The number of benzene rings is 2. The number of anilines is 1. The quantitative estimate of drug-likeness (QED) is 0.789. The Labute approximate surface area is 161 Å². The summed E-state index contributed by atoms with van der Waals surface area (Å²) in [5.41, 5.74) is 3.91. The van der Waals surface area contributed by atoms with Gasteiger partial charge in [-0.2, -0.15) is 0 Å². The average Bonchev–Trinajstić information content (AvgIpc) is 2.58. The molecule has 146 valence electrons. The van der Waals surface area contributed by atoms with Crippen LogP contribution in [0, 0.1) is 13.8 Å². The zero-order chi connectivity index (χ0) is 20.2. The van der Waals surface area contributed by atoms with E-state index in [0.717, 1.165) is 17.4 Å². The molecule has 0 saturated carbocycles. The second-order valence-corrected chi connectivity index (χ2v) is 8.68. The summed E-state index contributed by atoms with van der Waals surface area (Å²) in [4.78, 5) is 12.2. The maximum atomic E-state index is 12.2. The molecule has 0 fully saturated rings. The Bertz CT molecular complexity index is 908. The first-order valence-electron chi connectivity index (χ1n) is 8.61. The number of aryl methyl sites for hydroxylation is 2. The van der Waals surface area contributed by atoms with Gasteiger partial charge >= 0.3 is 0 Å². The third kappa shape index (κ3) is 5.72. The van der Waals surface area contributed by atoms with E-state index in [9.17, 15) is 13.2 Å². The Hall–Kier alpha value is -2.54. The maximum absolute atomic E-state index is 12.2. The first-order valence-corrected chi connectivity index (χ1v) is 10.5. The normalized spacial score (nSPS) is 12.3. The van der Waals surface area contributed by atoms with E-state index in [4.69, 9.17) is 4.74 Å². The van der Waals surface area contributed by atoms with Crippen molar-refractivity contribution in [3.63, 3.8) is 0 Å². The van der Waals surface area contributed by atoms with Crippen molar-refractivity contribution in [2.45, 2.75) is 26.8 Å². The predicted molar refractivity (Wildman–Crippen MR) is 108 cm³/mol. The van der Waals surface area contributed by atoms with Crippen molar-refractivity contribution in [1.82, 2.24) is 5.32 Å². The minimum absolute atomic E-state index is 0.115. The van der Waals surface area contributed by atoms with Gasteiger partial charge in [0.1, 0.15) is 5.75 Å². The highest BCUT2D eigenvalue weighted by Crippen LogP contribution is 2.21. The molecule has 2 rings (SSSR count). The van der Waals surface area contributed by atoms with Gasteiger partial charge in [0.15, 0.2) is 6.61 Å². The number of hydrogen-bond donors (Lipinski definition) is 1. The van der Waals surface area contributed by atoms with E-state index in [0.29, 0.717) is 11.4 Å². The molecule has 0 heterocycles. The topological polar surface area (TPSA) is 75.7 Å². The Morgan fingerprint density at radius 3 is 2.33 bits per heavy atom. The van der Waals surface area contributed by atoms with Gasteiger partial charge in [-0.3, -0.25) is 9.10 Å². The standard InChI is InChI=1S/C20H26N2O4S/c1-14-6-11-19(15(2)12-14)16(3)21-20(23)13-26-18-9-7-17(8-10-18)22(4)27(5,24)25/h6-12,16H,13H2,1-5H3,(H,21,23)/t16-/m0/s1. The van der Waals surface area contributed by atoms with Crippen LogP contribution in [0.3, 0.4) is 0 Å². The largest absolute Gasteiger partial charge is 0.484 e. The van der Waals surface area contributed by atoms with Crippen LogP contribution in [0.4, 0.5) is 5.69 Å². The van der Waals surface area contributed by atoms with Crippen molar-refractivity contribution in [1.29, 1.82) is 0 Å². The van der Waals surface area contributed by atoms with E-state index in [2.05, 4.69) is 11.4 Å². The molecule has 0 radical (unpaired) electrons. The molecule has 0 aliphatic rings. The molecule has 1 atom stereocenters. The van der Waals surface area contributed by atoms with Crippen LogP contribution in [0.15, 0.2) is 42.5 Å². The van der Waals surface area contributed by atoms with Crippen LogP contribution in [0.2, 0.25) is 0 Å². The molecule has 2 aromatic rings. The van der Waals surface area contributed by atoms with E-state index in [1.54, 1.807) is 24.3 Å². The van der Waals surface area contributed by atoms with Gasteiger partial charge in [0, 0.05) is 7.05 Å². The van der Waals surface area contributed by atoms with Gasteiger partial charge < -0.3 is 10.1 Å². The lowest BCUT2D eigenvalue weighted by Crippen LogP contribution is -2.31. The van der Waals surface area contributed by atoms with E-state index < -0.39 is 10.0 Å². The lowest BCUT2D eigenvalue weighted by Gasteiger charge is -2.18. The molecular weight excluding hydrogens is 364 g/mol. The maximum Gasteiger partial charge on any atom is 0.258 e. The number of hydrogen-bond acceptors (Lipinski definition) is 4. The first-order chi connectivity index (χ1) is 12.6. The highest BCUT2D eigenvalue weighted by atomic mass is 32.2. The highest BCUT2D eigenvalue weighted by molar-refractivity contribution is 7.92. The van der Waals surface area contributed by atoms with Crippen LogP contribution >= 0.6 is 0 Å². The van der Waals surface area contributed by atoms with Crippen molar-refractivity contribution < 1.29 is 17.9 Å². The molecule has 0 saturated heterocycles. The summed E-state index contributed by atoms with van der Waals surface area (Å²) in [5.74, 6) is 0.273. The molecule has 6 nitrogen and oxygen atoms in total. The zero-order valence-electron chi connectivity index (χ0n) is 16.3. The molecule has 0 aliphatic heterocycles. The van der Waals surface area contributed by atoms with E-state index in [1.807, 2.05) is 32.9 Å². The summed E-state index contributed by atoms with van der Waals surface area (Å²) in [6.45, 7) is 5.88. The van der Waals surface area contributed by atoms with Crippen LogP contribution < -0.4 is 14.4 Å². The number of rotatable bonds is 7. The summed E-state index contributed by atoms with van der Waals surface area (Å²) in [6, 6.07) is 12.6. The van der Waals surface area contributed by atoms with Gasteiger partial charge in [-0.1, -0.05) is 23.8 Å². The molecular formula is C20H26N2O4S. The minimum Gasteiger partial charge on any atom is -0.484 e. The minimum atomic E-state index is -3.31. The molecule has 0 bridgehead atoms. The van der Waals surface area contributed by atoms with E-state index >= 15 is 0 Å². The van der Waals surface area contributed by atoms with E-state index in [1.165, 1.54) is 16.9 Å². The summed E-state index contributed by atoms with van der Waals surface area (Å²) >= 11 is 0. The van der Waals surface area contributed by atoms with E-state index in [-0.39, 0.29) is 18.6 Å². The zero-order valence-corrected chi connectivity index (χ0v) is 17.1. The molecule has 7 heteroatoms. The molecule has 0 spiro atoms. The Balaban J connectivity index is 1.91. The number of nitrogens with zero attached hydrogens (tertiary/aromatic N) is 1. The molecule has 0 unspecified atom stereocenters. The van der Waals surface area contributed by atoms with Crippen molar-refractivity contribution in [2.24, 2.45) is 0 Å². The van der Waals surface area contributed by atoms with Gasteiger partial charge in [-0.15, -0.1) is 0 Å². The highest BCUT2D eigenvalue weighted by Gasteiger charge is 2.14. The summed E-state index contributed by atoms with van der Waals surface area (Å²) in [5, 5.41) is 2.92. The number of sulfonamides is 1. The number of nitrogens with one attached hydrogen (secondary N) is 1. The number of carbonyl (C=O) groups excluding carboxylic acids is 1. The lowest BCUT2D eigenvalue weighted by molar-refractivity contribution is -0.123. The van der Waals surface area contributed by atoms with Gasteiger partial charge in [-0.25, -0.2) is 8.42 Å². The monoisotopic (exact) mass is 390 g/mol. The van der Waals surface area contributed by atoms with Crippen LogP contribution in [0.25, 0.3) is 0 Å². The third-order valence-electron chi connectivity index (χ3n) is 4.34. The third-order valence-corrected chi connectivity index (χ3v) is 5.54. The van der Waals surface area contributed by atoms with Crippen molar-refractivity contribution in [3.05, 3.63) is 59.2 Å². The second kappa shape index (κ2) is 8.43. The number of amides is 1. The number of ether oxygens (including phenoxy) is 1. The fourth-order valence-corrected chi connectivity index (χ4v) is 3.27. The molecule has 0 aliphatic carbocycles. The van der Waals surface area contributed by atoms with Crippen LogP contribution in [0.1, 0.15) is 29.7 Å². The Kier molecular flexibility index (Phi) is 6.49.